The van der Waals surface area contributed by atoms with Crippen LogP contribution in [-0.4, -0.2) is 7.11 Å². The molecule has 0 amide bonds. The molecule has 0 radical (unpaired) electrons. The van der Waals surface area contributed by atoms with E-state index >= 15 is 0 Å². The number of hydrogen-bond acceptors (Lipinski definition) is 1. The molecule has 0 aliphatic rings. The summed E-state index contributed by atoms with van der Waals surface area (Å²) >= 11 is 0. The predicted octanol–water partition coefficient (Wildman–Crippen LogP) is 3.55. The fourth-order valence-corrected chi connectivity index (χ4v) is 1.65. The Morgan fingerprint density at radius 2 is 1.85 bits per heavy atom. The van der Waals surface area contributed by atoms with E-state index in [9.17, 15) is 0 Å². The van der Waals surface area contributed by atoms with Gasteiger partial charge in [0.1, 0.15) is 5.75 Å². The van der Waals surface area contributed by atoms with Gasteiger partial charge in [-0.05, 0) is 29.5 Å². The summed E-state index contributed by atoms with van der Waals surface area (Å²) in [5.74, 6) is 0.979. The summed E-state index contributed by atoms with van der Waals surface area (Å²) < 4.78 is 5.28. The van der Waals surface area contributed by atoms with Gasteiger partial charge in [0, 0.05) is 1.43 Å². The molecule has 1 nitrogen and oxygen atoms in total. The van der Waals surface area contributed by atoms with Crippen LogP contribution in [0.5, 0.6) is 5.75 Å². The summed E-state index contributed by atoms with van der Waals surface area (Å²) in [6, 6.07) is 6.22. The van der Waals surface area contributed by atoms with E-state index in [4.69, 9.17) is 4.74 Å². The van der Waals surface area contributed by atoms with Crippen molar-refractivity contribution in [3.63, 3.8) is 0 Å². The third-order valence-electron chi connectivity index (χ3n) is 2.31. The Balaban J connectivity index is 0.00000169. The van der Waals surface area contributed by atoms with Crippen LogP contribution in [0.4, 0.5) is 0 Å². The largest absolute Gasteiger partial charge is 0.496 e. The Morgan fingerprint density at radius 3 is 2.31 bits per heavy atom. The number of ether oxygens (including phenoxy) is 1. The molecule has 0 saturated carbocycles. The lowest BCUT2D eigenvalue weighted by molar-refractivity contribution is 0.409. The molecule has 0 heterocycles. The number of rotatable bonds is 1. The Morgan fingerprint density at radius 1 is 1.23 bits per heavy atom. The van der Waals surface area contributed by atoms with Gasteiger partial charge in [0.2, 0.25) is 0 Å². The highest BCUT2D eigenvalue weighted by Gasteiger charge is 2.17. The van der Waals surface area contributed by atoms with E-state index in [1.807, 2.05) is 12.1 Å². The average molecular weight is 181 g/mol. The highest BCUT2D eigenvalue weighted by Crippen LogP contribution is 2.30. The van der Waals surface area contributed by atoms with Crippen molar-refractivity contribution in [2.75, 3.05) is 7.11 Å². The van der Waals surface area contributed by atoms with Crippen LogP contribution in [0, 0.1) is 6.92 Å². The Hall–Kier alpha value is -0.980. The van der Waals surface area contributed by atoms with Crippen LogP contribution in [-0.2, 0) is 5.41 Å². The minimum absolute atomic E-state index is 0. The molecule has 1 heteroatoms. The molecule has 1 aromatic carbocycles. The van der Waals surface area contributed by atoms with Gasteiger partial charge in [-0.2, -0.15) is 0 Å². The molecule has 0 bridgehead atoms. The quantitative estimate of drug-likeness (QED) is 0.644. The van der Waals surface area contributed by atoms with E-state index in [2.05, 4.69) is 33.8 Å². The summed E-state index contributed by atoms with van der Waals surface area (Å²) in [5, 5.41) is 0. The third kappa shape index (κ3) is 2.03. The minimum Gasteiger partial charge on any atom is -0.496 e. The first kappa shape index (κ1) is 10.1. The fourth-order valence-electron chi connectivity index (χ4n) is 1.65. The van der Waals surface area contributed by atoms with Crippen molar-refractivity contribution in [3.05, 3.63) is 29.3 Å². The van der Waals surface area contributed by atoms with Gasteiger partial charge in [-0.25, -0.2) is 0 Å². The van der Waals surface area contributed by atoms with Gasteiger partial charge in [-0.15, -0.1) is 0 Å². The van der Waals surface area contributed by atoms with Gasteiger partial charge in [-0.1, -0.05) is 32.9 Å². The van der Waals surface area contributed by atoms with E-state index in [1.54, 1.807) is 7.11 Å². The summed E-state index contributed by atoms with van der Waals surface area (Å²) in [6.45, 7) is 8.76. The molecule has 0 unspecified atom stereocenters. The minimum atomic E-state index is 0. The normalized spacial score (nSPS) is 11.5. The maximum atomic E-state index is 5.28. The van der Waals surface area contributed by atoms with Crippen LogP contribution in [0.15, 0.2) is 18.2 Å². The van der Waals surface area contributed by atoms with Crippen LogP contribution >= 0.6 is 0 Å². The predicted molar refractivity (Wildman–Crippen MR) is 58.5 cm³/mol. The molecule has 0 N–H and O–H groups in total. The first-order chi connectivity index (χ1) is 5.96. The lowest BCUT2D eigenvalue weighted by Gasteiger charge is -2.22. The number of benzene rings is 1. The lowest BCUT2D eigenvalue weighted by atomic mass is 9.84. The van der Waals surface area contributed by atoms with Crippen molar-refractivity contribution in [1.29, 1.82) is 0 Å². The van der Waals surface area contributed by atoms with Gasteiger partial charge in [0.05, 0.1) is 7.11 Å². The standard InChI is InChI=1S/C12H18O.H2/c1-9-10(12(2,3)4)7-6-8-11(9)13-5;/h6-8H,1-5H3;1H/i;1+1. The van der Waals surface area contributed by atoms with E-state index in [-0.39, 0.29) is 6.84 Å². The second-order valence-corrected chi connectivity index (χ2v) is 4.38. The summed E-state index contributed by atoms with van der Waals surface area (Å²) in [7, 11) is 1.72. The van der Waals surface area contributed by atoms with Crippen molar-refractivity contribution in [1.82, 2.24) is 0 Å². The van der Waals surface area contributed by atoms with Gasteiger partial charge < -0.3 is 4.74 Å². The summed E-state index contributed by atoms with van der Waals surface area (Å²) in [4.78, 5) is 0. The molecule has 0 atom stereocenters. The molecule has 1 aromatic rings. The third-order valence-corrected chi connectivity index (χ3v) is 2.31. The smallest absolute Gasteiger partial charge is 0.122 e. The summed E-state index contributed by atoms with van der Waals surface area (Å²) in [6.07, 6.45) is 0. The second-order valence-electron chi connectivity index (χ2n) is 4.38. The van der Waals surface area contributed by atoms with Crippen molar-refractivity contribution >= 4 is 0 Å². The highest BCUT2D eigenvalue weighted by molar-refractivity contribution is 5.42. The molecule has 13 heavy (non-hydrogen) atoms. The number of methoxy groups -OCH3 is 1. The monoisotopic (exact) mass is 181 g/mol. The fraction of sp³-hybridized carbons (Fsp3) is 0.500. The molecule has 0 aliphatic heterocycles. The Bertz CT molecular complexity index is 300. The van der Waals surface area contributed by atoms with Crippen LogP contribution in [0.2, 0.25) is 0 Å². The van der Waals surface area contributed by atoms with Gasteiger partial charge >= 0.3 is 0 Å². The maximum Gasteiger partial charge on any atom is 0.122 e. The first-order valence-electron chi connectivity index (χ1n) is 4.61. The number of hydrogen-bond donors (Lipinski definition) is 0. The zero-order valence-corrected chi connectivity index (χ0v) is 9.14. The Labute approximate surface area is 82.2 Å². The van der Waals surface area contributed by atoms with E-state index < -0.39 is 0 Å². The maximum absolute atomic E-state index is 5.28. The summed E-state index contributed by atoms with van der Waals surface area (Å²) in [5.41, 5.74) is 2.79. The lowest BCUT2D eigenvalue weighted by Crippen LogP contribution is -2.13. The van der Waals surface area contributed by atoms with Gasteiger partial charge in [-0.3, -0.25) is 0 Å². The molecule has 74 valence electrons. The topological polar surface area (TPSA) is 9.23 Å². The molecule has 0 aromatic heterocycles. The second kappa shape index (κ2) is 3.41. The zero-order valence-electron chi connectivity index (χ0n) is 9.14. The van der Waals surface area contributed by atoms with Crippen molar-refractivity contribution in [2.24, 2.45) is 0 Å². The molecule has 0 saturated heterocycles. The zero-order chi connectivity index (χ0) is 10.1. The highest BCUT2D eigenvalue weighted by atomic mass is 16.5. The van der Waals surface area contributed by atoms with Crippen molar-refractivity contribution in [2.45, 2.75) is 33.1 Å². The van der Waals surface area contributed by atoms with Crippen LogP contribution in [0.1, 0.15) is 33.3 Å². The van der Waals surface area contributed by atoms with E-state index in [0.29, 0.717) is 0 Å². The SMILES string of the molecule is COc1cccc(C(C)(C)C)c1C.[2HH]. The molecule has 0 fully saturated rings. The van der Waals surface area contributed by atoms with E-state index in [1.165, 1.54) is 11.1 Å². The first-order valence-corrected chi connectivity index (χ1v) is 4.61. The molecule has 0 aliphatic carbocycles. The van der Waals surface area contributed by atoms with Crippen LogP contribution in [0.25, 0.3) is 0 Å². The van der Waals surface area contributed by atoms with Crippen LogP contribution in [0.3, 0.4) is 0 Å². The molecule has 0 spiro atoms. The van der Waals surface area contributed by atoms with Crippen molar-refractivity contribution < 1.29 is 6.16 Å². The Kier molecular flexibility index (Phi) is 2.65. The molecular formula is C12H20O. The van der Waals surface area contributed by atoms with E-state index in [0.717, 1.165) is 5.75 Å². The van der Waals surface area contributed by atoms with Crippen LogP contribution < -0.4 is 4.74 Å². The van der Waals surface area contributed by atoms with Gasteiger partial charge in [0.15, 0.2) is 0 Å². The molecular weight excluding hydrogens is 160 g/mol. The molecule has 1 rings (SSSR count). The average Bonchev–Trinajstić information content (AvgIpc) is 2.02. The van der Waals surface area contributed by atoms with Gasteiger partial charge in [0.25, 0.3) is 0 Å². The van der Waals surface area contributed by atoms with Crippen molar-refractivity contribution in [3.8, 4) is 5.75 Å².